The molecule has 0 amide bonds. The van der Waals surface area contributed by atoms with Gasteiger partial charge in [-0.1, -0.05) is 83.8 Å². The van der Waals surface area contributed by atoms with Gasteiger partial charge in [-0.25, -0.2) is 4.21 Å². The van der Waals surface area contributed by atoms with Gasteiger partial charge in [0.2, 0.25) is 0 Å². The molecule has 0 N–H and O–H groups in total. The van der Waals surface area contributed by atoms with Crippen molar-refractivity contribution in [3.63, 3.8) is 0 Å². The molecule has 0 saturated carbocycles. The van der Waals surface area contributed by atoms with Crippen molar-refractivity contribution in [2.75, 3.05) is 0 Å². The second-order valence-electron chi connectivity index (χ2n) is 6.37. The Bertz CT molecular complexity index is 1100. The van der Waals surface area contributed by atoms with Gasteiger partial charge in [-0.3, -0.25) is 0 Å². The fourth-order valence-electron chi connectivity index (χ4n) is 3.13. The molecule has 5 heteroatoms. The summed E-state index contributed by atoms with van der Waals surface area (Å²) in [5, 5.41) is 0. The highest BCUT2D eigenvalue weighted by molar-refractivity contribution is 8.03. The van der Waals surface area contributed by atoms with Crippen LogP contribution in [-0.2, 0) is 10.8 Å². The molecule has 0 atom stereocenters. The molecule has 0 spiro atoms. The number of rotatable bonds is 4. The summed E-state index contributed by atoms with van der Waals surface area (Å²) in [6, 6.07) is 33.0. The molecule has 0 radical (unpaired) electrons. The van der Waals surface area contributed by atoms with E-state index in [1.165, 1.54) is 0 Å². The van der Waals surface area contributed by atoms with Crippen LogP contribution in [0.25, 0.3) is 0 Å². The minimum atomic E-state index is -1.22. The Morgan fingerprint density at radius 2 is 1.00 bits per heavy atom. The van der Waals surface area contributed by atoms with Gasteiger partial charge in [0.25, 0.3) is 0 Å². The lowest BCUT2D eigenvalue weighted by atomic mass is 10.3. The molecular weight excluding hydrogens is 433 g/mol. The largest absolute Gasteiger partial charge is 0.249 e. The van der Waals surface area contributed by atoms with E-state index in [1.807, 2.05) is 36.4 Å². The molecule has 4 aromatic rings. The Balaban J connectivity index is 1.57. The van der Waals surface area contributed by atoms with Gasteiger partial charge in [0, 0.05) is 29.4 Å². The van der Waals surface area contributed by atoms with Gasteiger partial charge in [0.05, 0.1) is 20.6 Å². The summed E-state index contributed by atoms with van der Waals surface area (Å²) < 4.78 is 13.8. The molecule has 5 rings (SSSR count). The smallest absolute Gasteiger partial charge is 0.0895 e. The molecule has 0 bridgehead atoms. The van der Waals surface area contributed by atoms with E-state index in [-0.39, 0.29) is 0 Å². The minimum Gasteiger partial charge on any atom is -0.249 e. The third-order valence-electron chi connectivity index (χ3n) is 4.42. The monoisotopic (exact) mass is 448 g/mol. The predicted octanol–water partition coefficient (Wildman–Crippen LogP) is 7.62. The van der Waals surface area contributed by atoms with E-state index in [0.717, 1.165) is 39.2 Å². The molecule has 29 heavy (non-hydrogen) atoms. The Kier molecular flexibility index (Phi) is 5.55. The first-order chi connectivity index (χ1) is 14.3. The normalized spacial score (nSPS) is 13.0. The Morgan fingerprint density at radius 1 is 0.552 bits per heavy atom. The van der Waals surface area contributed by atoms with Gasteiger partial charge in [-0.05, 0) is 48.5 Å². The van der Waals surface area contributed by atoms with E-state index in [2.05, 4.69) is 60.7 Å². The maximum Gasteiger partial charge on any atom is 0.0895 e. The maximum absolute atomic E-state index is 13.8. The fraction of sp³-hybridized carbons (Fsp3) is 0. The molecule has 0 fully saturated rings. The average molecular weight is 449 g/mol. The number of benzene rings is 4. The number of hydrogen-bond acceptors (Lipinski definition) is 4. The fourth-order valence-corrected chi connectivity index (χ4v) is 8.60. The van der Waals surface area contributed by atoms with Crippen molar-refractivity contribution in [1.82, 2.24) is 0 Å². The summed E-state index contributed by atoms with van der Waals surface area (Å²) in [5.41, 5.74) is 0. The molecule has 4 aromatic carbocycles. The highest BCUT2D eigenvalue weighted by Gasteiger charge is 2.28. The van der Waals surface area contributed by atoms with Gasteiger partial charge < -0.3 is 0 Å². The van der Waals surface area contributed by atoms with E-state index in [9.17, 15) is 4.21 Å². The number of hydrogen-bond donors (Lipinski definition) is 0. The molecule has 142 valence electrons. The van der Waals surface area contributed by atoms with Gasteiger partial charge in [-0.2, -0.15) is 0 Å². The van der Waals surface area contributed by atoms with Crippen molar-refractivity contribution >= 4 is 46.1 Å². The average Bonchev–Trinajstić information content (AvgIpc) is 2.75. The van der Waals surface area contributed by atoms with Crippen molar-refractivity contribution in [2.24, 2.45) is 0 Å². The lowest BCUT2D eigenvalue weighted by molar-refractivity contribution is 0.675. The Hall–Kier alpha value is -1.92. The summed E-state index contributed by atoms with van der Waals surface area (Å²) in [7, 11) is -1.22. The van der Waals surface area contributed by atoms with E-state index in [1.54, 1.807) is 35.3 Å². The van der Waals surface area contributed by atoms with E-state index >= 15 is 0 Å². The van der Waals surface area contributed by atoms with Crippen LogP contribution in [0.5, 0.6) is 0 Å². The quantitative estimate of drug-likeness (QED) is 0.281. The third-order valence-corrected chi connectivity index (χ3v) is 9.81. The summed E-state index contributed by atoms with van der Waals surface area (Å²) >= 11 is 5.07. The first-order valence-electron chi connectivity index (χ1n) is 9.11. The zero-order valence-electron chi connectivity index (χ0n) is 15.3. The zero-order valence-corrected chi connectivity index (χ0v) is 18.5. The minimum absolute atomic E-state index is 0.931. The summed E-state index contributed by atoms with van der Waals surface area (Å²) in [5.74, 6) is 0. The van der Waals surface area contributed by atoms with E-state index < -0.39 is 10.8 Å². The molecule has 1 heterocycles. The van der Waals surface area contributed by atoms with Crippen molar-refractivity contribution in [3.05, 3.63) is 97.1 Å². The molecule has 0 unspecified atom stereocenters. The second-order valence-corrected chi connectivity index (χ2v) is 11.0. The molecule has 1 aliphatic rings. The van der Waals surface area contributed by atoms with Crippen LogP contribution in [-0.4, -0.2) is 4.21 Å². The van der Waals surface area contributed by atoms with Crippen LogP contribution in [0.1, 0.15) is 0 Å². The molecule has 1 nitrogen and oxygen atoms in total. The van der Waals surface area contributed by atoms with Crippen LogP contribution in [0.3, 0.4) is 0 Å². The van der Waals surface area contributed by atoms with Crippen LogP contribution >= 0.6 is 35.3 Å². The first kappa shape index (κ1) is 19.1. The molecule has 0 saturated heterocycles. The topological polar surface area (TPSA) is 17.1 Å². The van der Waals surface area contributed by atoms with E-state index in [0.29, 0.717) is 0 Å². The molecular formula is C24H16OS4. The first-order valence-corrected chi connectivity index (χ1v) is 12.7. The van der Waals surface area contributed by atoms with Gasteiger partial charge in [0.1, 0.15) is 0 Å². The highest BCUT2D eigenvalue weighted by atomic mass is 32.2. The lowest BCUT2D eigenvalue weighted by Gasteiger charge is -2.22. The lowest BCUT2D eigenvalue weighted by Crippen LogP contribution is -2.05. The molecule has 1 aliphatic heterocycles. The van der Waals surface area contributed by atoms with Gasteiger partial charge >= 0.3 is 0 Å². The predicted molar refractivity (Wildman–Crippen MR) is 123 cm³/mol. The Labute approximate surface area is 185 Å². The standard InChI is InChI=1S/C24H16OS4/c25-29-23-19(26-17-9-3-1-4-10-17)13-7-15-21(23)28-22-16-8-14-20(24(22)29)27-18-11-5-2-6-12-18/h1-16H. The van der Waals surface area contributed by atoms with Gasteiger partial charge in [0.15, 0.2) is 0 Å². The van der Waals surface area contributed by atoms with Crippen molar-refractivity contribution in [3.8, 4) is 0 Å². The maximum atomic E-state index is 13.8. The van der Waals surface area contributed by atoms with Crippen LogP contribution in [0.2, 0.25) is 0 Å². The summed E-state index contributed by atoms with van der Waals surface area (Å²) in [4.78, 5) is 8.45. The Morgan fingerprint density at radius 3 is 1.45 bits per heavy atom. The van der Waals surface area contributed by atoms with Crippen LogP contribution < -0.4 is 0 Å². The van der Waals surface area contributed by atoms with Crippen molar-refractivity contribution in [1.29, 1.82) is 0 Å². The second kappa shape index (κ2) is 8.44. The van der Waals surface area contributed by atoms with Gasteiger partial charge in [-0.15, -0.1) is 0 Å². The third kappa shape index (κ3) is 3.92. The summed E-state index contributed by atoms with van der Waals surface area (Å²) in [6.45, 7) is 0. The molecule has 0 aromatic heterocycles. The van der Waals surface area contributed by atoms with E-state index in [4.69, 9.17) is 0 Å². The summed E-state index contributed by atoms with van der Waals surface area (Å²) in [6.07, 6.45) is 0. The van der Waals surface area contributed by atoms with Crippen LogP contribution in [0.4, 0.5) is 0 Å². The zero-order chi connectivity index (χ0) is 19.6. The SMILES string of the molecule is O=S1c2c(Sc3ccccc3)cccc2Sc2cccc(Sc3ccccc3)c21. The van der Waals surface area contributed by atoms with Crippen LogP contribution in [0.15, 0.2) is 136 Å². The number of fused-ring (bicyclic) bond motifs is 2. The van der Waals surface area contributed by atoms with Crippen molar-refractivity contribution in [2.45, 2.75) is 39.2 Å². The van der Waals surface area contributed by atoms with Crippen LogP contribution in [0, 0.1) is 0 Å². The molecule has 0 aliphatic carbocycles. The van der Waals surface area contributed by atoms with Crippen molar-refractivity contribution < 1.29 is 4.21 Å². The highest BCUT2D eigenvalue weighted by Crippen LogP contribution is 2.50.